The summed E-state index contributed by atoms with van der Waals surface area (Å²) in [6.45, 7) is 0. The fourth-order valence-electron chi connectivity index (χ4n) is 8.36. The van der Waals surface area contributed by atoms with Crippen molar-refractivity contribution in [3.8, 4) is 44.9 Å². The molecule has 8 aromatic carbocycles. The zero-order valence-electron chi connectivity index (χ0n) is 29.4. The number of hydrogen-bond acceptors (Lipinski definition) is 1. The van der Waals surface area contributed by atoms with Crippen molar-refractivity contribution in [2.75, 3.05) is 0 Å². The molecule has 0 unspecified atom stereocenters. The van der Waals surface area contributed by atoms with E-state index >= 15 is 0 Å². The molecule has 252 valence electrons. The maximum atomic E-state index is 5.41. The van der Waals surface area contributed by atoms with Crippen LogP contribution in [0.5, 0.6) is 0 Å². The molecule has 0 aliphatic carbocycles. The lowest BCUT2D eigenvalue weighted by Crippen LogP contribution is -2.01. The van der Waals surface area contributed by atoms with E-state index in [2.05, 4.69) is 209 Å². The predicted octanol–water partition coefficient (Wildman–Crippen LogP) is 13.4. The van der Waals surface area contributed by atoms with Crippen LogP contribution >= 0.6 is 0 Å². The molecule has 0 N–H and O–H groups in total. The minimum atomic E-state index is 0.926. The second kappa shape index (κ2) is 12.2. The maximum absolute atomic E-state index is 5.41. The highest BCUT2D eigenvalue weighted by Gasteiger charge is 2.20. The highest BCUT2D eigenvalue weighted by Crippen LogP contribution is 2.41. The van der Waals surface area contributed by atoms with Crippen LogP contribution in [0.25, 0.3) is 99.4 Å². The Morgan fingerprint density at radius 2 is 0.796 bits per heavy atom. The Balaban J connectivity index is 1.17. The maximum Gasteiger partial charge on any atom is 0.146 e. The van der Waals surface area contributed by atoms with E-state index in [0.29, 0.717) is 0 Å². The third-order valence-corrected chi connectivity index (χ3v) is 10.9. The Kier molecular flexibility index (Phi) is 6.86. The average Bonchev–Trinajstić information content (AvgIpc) is 3.76. The zero-order valence-corrected chi connectivity index (χ0v) is 29.4. The lowest BCUT2D eigenvalue weighted by atomic mass is 9.99. The third kappa shape index (κ3) is 4.79. The Morgan fingerprint density at radius 3 is 1.46 bits per heavy atom. The molecule has 0 atom stereocenters. The standard InChI is InChI=1S/C51H33N3/c1-4-14-34(15-5-1)36-24-28-49-44(30-36)45-32-38(37-25-27-48-43(31-37)41-21-11-13-23-47(41)53(48)40-19-8-3-9-20-40)26-29-50(45)54(49)51-42(35-16-6-2-7-17-35)33-39-18-10-12-22-46(39)52-51/h1-33H. The van der Waals surface area contributed by atoms with Gasteiger partial charge in [0.05, 0.1) is 27.6 Å². The molecule has 0 spiro atoms. The van der Waals surface area contributed by atoms with Gasteiger partial charge in [0.25, 0.3) is 0 Å². The average molecular weight is 688 g/mol. The molecule has 11 rings (SSSR count). The van der Waals surface area contributed by atoms with Crippen LogP contribution in [0.1, 0.15) is 0 Å². The van der Waals surface area contributed by atoms with Gasteiger partial charge in [-0.2, -0.15) is 0 Å². The first-order valence-electron chi connectivity index (χ1n) is 18.5. The Labute approximate surface area is 312 Å². The first-order valence-corrected chi connectivity index (χ1v) is 18.5. The topological polar surface area (TPSA) is 22.8 Å². The smallest absolute Gasteiger partial charge is 0.146 e. The van der Waals surface area contributed by atoms with Crippen LogP contribution in [-0.2, 0) is 0 Å². The highest BCUT2D eigenvalue weighted by atomic mass is 15.1. The van der Waals surface area contributed by atoms with E-state index in [-0.39, 0.29) is 0 Å². The van der Waals surface area contributed by atoms with Gasteiger partial charge in [0.2, 0.25) is 0 Å². The minimum absolute atomic E-state index is 0.926. The Morgan fingerprint density at radius 1 is 0.315 bits per heavy atom. The summed E-state index contributed by atoms with van der Waals surface area (Å²) in [5.74, 6) is 0.926. The summed E-state index contributed by atoms with van der Waals surface area (Å²) >= 11 is 0. The molecule has 0 aliphatic rings. The fraction of sp³-hybridized carbons (Fsp3) is 0. The van der Waals surface area contributed by atoms with Crippen molar-refractivity contribution >= 4 is 54.5 Å². The van der Waals surface area contributed by atoms with Gasteiger partial charge in [0.15, 0.2) is 0 Å². The molecule has 11 aromatic rings. The Bertz CT molecular complexity index is 3190. The molecule has 54 heavy (non-hydrogen) atoms. The van der Waals surface area contributed by atoms with Gasteiger partial charge in [-0.05, 0) is 94.5 Å². The fourth-order valence-corrected chi connectivity index (χ4v) is 8.36. The summed E-state index contributed by atoms with van der Waals surface area (Å²) in [5.41, 5.74) is 13.8. The number of rotatable bonds is 5. The highest BCUT2D eigenvalue weighted by molar-refractivity contribution is 6.13. The van der Waals surface area contributed by atoms with Gasteiger partial charge in [-0.15, -0.1) is 0 Å². The molecule has 0 radical (unpaired) electrons. The largest absolute Gasteiger partial charge is 0.309 e. The van der Waals surface area contributed by atoms with Crippen molar-refractivity contribution in [2.24, 2.45) is 0 Å². The molecule has 0 saturated carbocycles. The van der Waals surface area contributed by atoms with E-state index < -0.39 is 0 Å². The second-order valence-electron chi connectivity index (χ2n) is 14.0. The number of nitrogens with zero attached hydrogens (tertiary/aromatic N) is 3. The first-order chi connectivity index (χ1) is 26.8. The molecule has 3 nitrogen and oxygen atoms in total. The predicted molar refractivity (Wildman–Crippen MR) is 227 cm³/mol. The van der Waals surface area contributed by atoms with Crippen molar-refractivity contribution in [1.29, 1.82) is 0 Å². The van der Waals surface area contributed by atoms with Crippen LogP contribution in [0, 0.1) is 0 Å². The van der Waals surface area contributed by atoms with Crippen molar-refractivity contribution in [3.05, 3.63) is 200 Å². The quantitative estimate of drug-likeness (QED) is 0.177. The van der Waals surface area contributed by atoms with Gasteiger partial charge in [-0.3, -0.25) is 4.57 Å². The summed E-state index contributed by atoms with van der Waals surface area (Å²) in [7, 11) is 0. The summed E-state index contributed by atoms with van der Waals surface area (Å²) < 4.78 is 4.74. The van der Waals surface area contributed by atoms with E-state index in [1.807, 2.05) is 0 Å². The number of aromatic nitrogens is 3. The number of benzene rings is 8. The van der Waals surface area contributed by atoms with Gasteiger partial charge < -0.3 is 4.57 Å². The van der Waals surface area contributed by atoms with Crippen molar-refractivity contribution in [2.45, 2.75) is 0 Å². The number of pyridine rings is 1. The van der Waals surface area contributed by atoms with Crippen molar-refractivity contribution in [3.63, 3.8) is 0 Å². The minimum Gasteiger partial charge on any atom is -0.309 e. The van der Waals surface area contributed by atoms with E-state index in [0.717, 1.165) is 44.6 Å². The number of hydrogen-bond donors (Lipinski definition) is 0. The van der Waals surface area contributed by atoms with Crippen LogP contribution in [0.15, 0.2) is 200 Å². The van der Waals surface area contributed by atoms with Crippen LogP contribution in [-0.4, -0.2) is 14.1 Å². The summed E-state index contributed by atoms with van der Waals surface area (Å²) in [6, 6.07) is 72.1. The molecular weight excluding hydrogens is 655 g/mol. The van der Waals surface area contributed by atoms with Crippen molar-refractivity contribution in [1.82, 2.24) is 14.1 Å². The first kappa shape index (κ1) is 30.4. The molecule has 0 saturated heterocycles. The van der Waals surface area contributed by atoms with E-state index in [4.69, 9.17) is 4.98 Å². The van der Waals surface area contributed by atoms with Gasteiger partial charge in [0.1, 0.15) is 5.82 Å². The van der Waals surface area contributed by atoms with Gasteiger partial charge >= 0.3 is 0 Å². The molecule has 3 heterocycles. The van der Waals surface area contributed by atoms with Crippen LogP contribution in [0.4, 0.5) is 0 Å². The molecular formula is C51H33N3. The number of fused-ring (bicyclic) bond motifs is 7. The molecule has 0 fully saturated rings. The van der Waals surface area contributed by atoms with Gasteiger partial charge in [-0.25, -0.2) is 4.98 Å². The molecule has 3 aromatic heterocycles. The normalized spacial score (nSPS) is 11.7. The zero-order chi connectivity index (χ0) is 35.6. The van der Waals surface area contributed by atoms with Gasteiger partial charge in [-0.1, -0.05) is 133 Å². The SMILES string of the molecule is c1ccc(-c2ccc3c(c2)c2cc(-c4ccc5c(c4)c4ccccc4n5-c4ccccc4)ccc2n3-c2nc3ccccc3cc2-c2ccccc2)cc1. The summed E-state index contributed by atoms with van der Waals surface area (Å²) in [6.07, 6.45) is 0. The second-order valence-corrected chi connectivity index (χ2v) is 14.0. The monoisotopic (exact) mass is 687 g/mol. The summed E-state index contributed by atoms with van der Waals surface area (Å²) in [5, 5.41) is 6.01. The number of para-hydroxylation sites is 3. The van der Waals surface area contributed by atoms with Crippen molar-refractivity contribution < 1.29 is 0 Å². The molecule has 0 bridgehead atoms. The van der Waals surface area contributed by atoms with Crippen LogP contribution in [0.2, 0.25) is 0 Å². The lowest BCUT2D eigenvalue weighted by Gasteiger charge is -2.15. The van der Waals surface area contributed by atoms with E-state index in [9.17, 15) is 0 Å². The summed E-state index contributed by atoms with van der Waals surface area (Å²) in [4.78, 5) is 5.41. The van der Waals surface area contributed by atoms with E-state index in [1.54, 1.807) is 0 Å². The van der Waals surface area contributed by atoms with Crippen LogP contribution < -0.4 is 0 Å². The van der Waals surface area contributed by atoms with E-state index in [1.165, 1.54) is 54.8 Å². The molecule has 3 heteroatoms. The Hall–Kier alpha value is -7.23. The lowest BCUT2D eigenvalue weighted by molar-refractivity contribution is 1.10. The molecule has 0 aliphatic heterocycles. The third-order valence-electron chi connectivity index (χ3n) is 10.9. The van der Waals surface area contributed by atoms with Crippen LogP contribution in [0.3, 0.4) is 0 Å². The molecule has 0 amide bonds. The van der Waals surface area contributed by atoms with Gasteiger partial charge in [0, 0.05) is 38.2 Å².